The Morgan fingerprint density at radius 1 is 1.09 bits per heavy atom. The van der Waals surface area contributed by atoms with Gasteiger partial charge in [-0.1, -0.05) is 18.2 Å². The summed E-state index contributed by atoms with van der Waals surface area (Å²) in [6.07, 6.45) is 13.4. The van der Waals surface area contributed by atoms with Crippen LogP contribution in [0, 0.1) is 0 Å². The number of aryl methyl sites for hydroxylation is 1. The minimum Gasteiger partial charge on any atom is -0.489 e. The van der Waals surface area contributed by atoms with E-state index >= 15 is 0 Å². The third kappa shape index (κ3) is 5.62. The summed E-state index contributed by atoms with van der Waals surface area (Å²) in [7, 11) is 1.91. The first kappa shape index (κ1) is 22.1. The summed E-state index contributed by atoms with van der Waals surface area (Å²) in [5.74, 6) is 1.37. The Morgan fingerprint density at radius 2 is 1.94 bits per heavy atom. The molecule has 9 nitrogen and oxygen atoms in total. The minimum atomic E-state index is 0.615. The fourth-order valence-corrected chi connectivity index (χ4v) is 3.95. The van der Waals surface area contributed by atoms with Crippen LogP contribution in [0.4, 0.5) is 0 Å². The molecule has 1 saturated heterocycles. The molecule has 1 N–H and O–H groups in total. The second-order valence-corrected chi connectivity index (χ2v) is 8.31. The molecule has 2 aliphatic heterocycles. The monoisotopic (exact) mass is 459 g/mol. The third-order valence-corrected chi connectivity index (χ3v) is 5.76. The zero-order chi connectivity index (χ0) is 23.2. The fourth-order valence-electron chi connectivity index (χ4n) is 3.95. The van der Waals surface area contributed by atoms with Gasteiger partial charge in [-0.25, -0.2) is 9.97 Å². The van der Waals surface area contributed by atoms with Gasteiger partial charge in [0.25, 0.3) is 0 Å². The predicted molar refractivity (Wildman–Crippen MR) is 129 cm³/mol. The third-order valence-electron chi connectivity index (χ3n) is 5.76. The van der Waals surface area contributed by atoms with Crippen LogP contribution in [0.25, 0.3) is 17.1 Å². The number of morpholine rings is 1. The first-order chi connectivity index (χ1) is 16.7. The number of nitrogens with zero attached hydrogens (tertiary/aromatic N) is 6. The van der Waals surface area contributed by atoms with Gasteiger partial charge >= 0.3 is 0 Å². The van der Waals surface area contributed by atoms with Gasteiger partial charge in [-0.3, -0.25) is 20.0 Å². The highest BCUT2D eigenvalue weighted by Gasteiger charge is 2.12. The number of benzene rings is 1. The molecule has 0 spiro atoms. The van der Waals surface area contributed by atoms with Crippen molar-refractivity contribution in [1.29, 1.82) is 0 Å². The van der Waals surface area contributed by atoms with Gasteiger partial charge in [0.05, 0.1) is 44.0 Å². The highest BCUT2D eigenvalue weighted by Crippen LogP contribution is 2.20. The molecule has 2 aliphatic rings. The summed E-state index contributed by atoms with van der Waals surface area (Å²) in [6, 6.07) is 8.28. The minimum absolute atomic E-state index is 0.615. The Morgan fingerprint density at radius 3 is 2.74 bits per heavy atom. The number of nitrogens with one attached hydrogen (secondary N) is 1. The molecular weight excluding hydrogens is 430 g/mol. The molecule has 0 radical (unpaired) electrons. The Labute approximate surface area is 199 Å². The van der Waals surface area contributed by atoms with Gasteiger partial charge in [-0.05, 0) is 23.8 Å². The van der Waals surface area contributed by atoms with Crippen LogP contribution in [0.5, 0.6) is 5.75 Å². The molecule has 0 atom stereocenters. The Kier molecular flexibility index (Phi) is 6.83. The van der Waals surface area contributed by atoms with Crippen molar-refractivity contribution in [2.24, 2.45) is 7.05 Å². The lowest BCUT2D eigenvalue weighted by Gasteiger charge is -2.26. The van der Waals surface area contributed by atoms with Gasteiger partial charge in [-0.2, -0.15) is 5.10 Å². The van der Waals surface area contributed by atoms with Crippen molar-refractivity contribution < 1.29 is 9.47 Å². The Balaban J connectivity index is 1.17. The second kappa shape index (κ2) is 10.5. The molecule has 0 aliphatic carbocycles. The van der Waals surface area contributed by atoms with Crippen molar-refractivity contribution >= 4 is 5.70 Å². The van der Waals surface area contributed by atoms with E-state index in [4.69, 9.17) is 9.47 Å². The van der Waals surface area contributed by atoms with E-state index < -0.39 is 0 Å². The molecule has 176 valence electrons. The number of ether oxygens (including phenoxy) is 2. The van der Waals surface area contributed by atoms with E-state index in [1.165, 1.54) is 0 Å². The van der Waals surface area contributed by atoms with Crippen molar-refractivity contribution in [1.82, 2.24) is 35.1 Å². The zero-order valence-electron chi connectivity index (χ0n) is 19.3. The standard InChI is InChI=1S/C25H29N7O2/c1-30-19-22(15-28-30)24-6-3-7-32(29-24)18-20-4-2-5-21(14-20)25-26-16-23(17-27-25)34-13-10-31-8-11-33-12-9-31/h2-7,14-17,19,29H,8-13,18H2,1H3. The van der Waals surface area contributed by atoms with Crippen LogP contribution in [0.15, 0.2) is 67.4 Å². The molecule has 0 unspecified atom stereocenters. The maximum absolute atomic E-state index is 5.83. The molecule has 1 aromatic carbocycles. The first-order valence-corrected chi connectivity index (χ1v) is 11.5. The van der Waals surface area contributed by atoms with Crippen molar-refractivity contribution in [3.63, 3.8) is 0 Å². The maximum atomic E-state index is 5.83. The van der Waals surface area contributed by atoms with E-state index in [1.54, 1.807) is 17.1 Å². The summed E-state index contributed by atoms with van der Waals surface area (Å²) in [6.45, 7) is 5.70. The van der Waals surface area contributed by atoms with Crippen molar-refractivity contribution in [3.05, 3.63) is 78.5 Å². The summed E-state index contributed by atoms with van der Waals surface area (Å²) < 4.78 is 13.0. The zero-order valence-corrected chi connectivity index (χ0v) is 19.3. The highest BCUT2D eigenvalue weighted by atomic mass is 16.5. The van der Waals surface area contributed by atoms with Crippen molar-refractivity contribution in [3.8, 4) is 17.1 Å². The molecule has 3 aromatic rings. The summed E-state index contributed by atoms with van der Waals surface area (Å²) in [5, 5.41) is 6.30. The molecule has 1 fully saturated rings. The average Bonchev–Trinajstić information content (AvgIpc) is 3.32. The van der Waals surface area contributed by atoms with Gasteiger partial charge < -0.3 is 9.47 Å². The number of hydrogen-bond donors (Lipinski definition) is 1. The normalized spacial score (nSPS) is 16.3. The van der Waals surface area contributed by atoms with Gasteiger partial charge in [0.2, 0.25) is 0 Å². The lowest BCUT2D eigenvalue weighted by molar-refractivity contribution is 0.0322. The van der Waals surface area contributed by atoms with Crippen LogP contribution in [-0.2, 0) is 18.3 Å². The molecule has 0 saturated carbocycles. The maximum Gasteiger partial charge on any atom is 0.159 e. The number of allylic oxidation sites excluding steroid dienone is 2. The number of hydrazine groups is 1. The van der Waals surface area contributed by atoms with E-state index in [0.29, 0.717) is 24.7 Å². The van der Waals surface area contributed by atoms with E-state index in [9.17, 15) is 0 Å². The number of aromatic nitrogens is 4. The highest BCUT2D eigenvalue weighted by molar-refractivity contribution is 5.65. The summed E-state index contributed by atoms with van der Waals surface area (Å²) >= 11 is 0. The summed E-state index contributed by atoms with van der Waals surface area (Å²) in [4.78, 5) is 11.4. The Hall–Kier alpha value is -3.69. The van der Waals surface area contributed by atoms with Crippen LogP contribution in [-0.4, -0.2) is 69.1 Å². The van der Waals surface area contributed by atoms with Gasteiger partial charge in [0.1, 0.15) is 6.61 Å². The molecule has 34 heavy (non-hydrogen) atoms. The van der Waals surface area contributed by atoms with Crippen LogP contribution in [0.3, 0.4) is 0 Å². The molecule has 9 heteroatoms. The van der Waals surface area contributed by atoms with Gasteiger partial charge in [0, 0.05) is 50.2 Å². The molecule has 2 aromatic heterocycles. The molecule has 5 rings (SSSR count). The van der Waals surface area contributed by atoms with E-state index in [2.05, 4.69) is 37.5 Å². The van der Waals surface area contributed by atoms with Gasteiger partial charge in [0.15, 0.2) is 11.6 Å². The van der Waals surface area contributed by atoms with Crippen LogP contribution in [0.2, 0.25) is 0 Å². The topological polar surface area (TPSA) is 80.6 Å². The smallest absolute Gasteiger partial charge is 0.159 e. The number of rotatable bonds is 8. The first-order valence-electron chi connectivity index (χ1n) is 11.5. The predicted octanol–water partition coefficient (Wildman–Crippen LogP) is 2.46. The quantitative estimate of drug-likeness (QED) is 0.550. The summed E-state index contributed by atoms with van der Waals surface area (Å²) in [5.41, 5.74) is 7.62. The number of hydrogen-bond acceptors (Lipinski definition) is 8. The second-order valence-electron chi connectivity index (χ2n) is 8.31. The lowest BCUT2D eigenvalue weighted by atomic mass is 10.1. The van der Waals surface area contributed by atoms with Crippen LogP contribution in [0.1, 0.15) is 11.1 Å². The van der Waals surface area contributed by atoms with Crippen molar-refractivity contribution in [2.45, 2.75) is 6.54 Å². The SMILES string of the molecule is Cn1cc(C2=CC=CN(Cc3cccc(-c4ncc(OCCN5CCOCC5)cn4)c3)N2)cn1. The van der Waals surface area contributed by atoms with Gasteiger partial charge in [-0.15, -0.1) is 0 Å². The largest absolute Gasteiger partial charge is 0.489 e. The van der Waals surface area contributed by atoms with E-state index in [1.807, 2.05) is 54.9 Å². The molecule has 0 bridgehead atoms. The van der Waals surface area contributed by atoms with E-state index in [0.717, 1.165) is 55.2 Å². The van der Waals surface area contributed by atoms with Crippen molar-refractivity contribution in [2.75, 3.05) is 39.5 Å². The fraction of sp³-hybridized carbons (Fsp3) is 0.320. The van der Waals surface area contributed by atoms with Crippen LogP contribution >= 0.6 is 0 Å². The molecule has 0 amide bonds. The Bertz CT molecular complexity index is 1150. The lowest BCUT2D eigenvalue weighted by Crippen LogP contribution is -2.38. The molecule has 4 heterocycles. The average molecular weight is 460 g/mol. The molecular formula is C25H29N7O2. The van der Waals surface area contributed by atoms with E-state index in [-0.39, 0.29) is 0 Å². The van der Waals surface area contributed by atoms with Crippen LogP contribution < -0.4 is 10.2 Å².